The van der Waals surface area contributed by atoms with E-state index < -0.39 is 0 Å². The van der Waals surface area contributed by atoms with Crippen LogP contribution in [-0.2, 0) is 11.2 Å². The number of halogens is 1. The van der Waals surface area contributed by atoms with Crippen molar-refractivity contribution in [2.24, 2.45) is 5.92 Å². The third-order valence-corrected chi connectivity index (χ3v) is 7.18. The van der Waals surface area contributed by atoms with Crippen molar-refractivity contribution in [2.75, 3.05) is 26.2 Å². The molecule has 3 nitrogen and oxygen atoms in total. The molecule has 2 aromatic rings. The average molecular weight is 396 g/mol. The van der Waals surface area contributed by atoms with Gasteiger partial charge in [-0.05, 0) is 85.5 Å². The smallest absolute Gasteiger partial charge is 0.123 e. The number of fused-ring (bicyclic) bond motifs is 5. The summed E-state index contributed by atoms with van der Waals surface area (Å²) in [6.45, 7) is 3.42. The summed E-state index contributed by atoms with van der Waals surface area (Å²) in [5, 5.41) is 9.18. The normalized spacial score (nSPS) is 27.2. The molecule has 0 saturated carbocycles. The monoisotopic (exact) mass is 395 g/mol. The Morgan fingerprint density at radius 1 is 1.03 bits per heavy atom. The minimum absolute atomic E-state index is 0.0544. The number of hydrogen-bond acceptors (Lipinski definition) is 3. The van der Waals surface area contributed by atoms with Gasteiger partial charge in [-0.3, -0.25) is 0 Å². The highest BCUT2D eigenvalue weighted by Crippen LogP contribution is 2.49. The van der Waals surface area contributed by atoms with Gasteiger partial charge in [-0.15, -0.1) is 0 Å². The molecule has 5 rings (SSSR count). The number of piperidine rings is 1. The molecule has 0 spiro atoms. The van der Waals surface area contributed by atoms with Gasteiger partial charge in [0.1, 0.15) is 5.82 Å². The van der Waals surface area contributed by atoms with Crippen molar-refractivity contribution in [3.05, 3.63) is 70.5 Å². The summed E-state index contributed by atoms with van der Waals surface area (Å²) >= 11 is 0. The molecule has 1 N–H and O–H groups in total. The highest BCUT2D eigenvalue weighted by molar-refractivity contribution is 5.45. The summed E-state index contributed by atoms with van der Waals surface area (Å²) in [7, 11) is 0. The first kappa shape index (κ1) is 19.2. The largest absolute Gasteiger partial charge is 0.396 e. The van der Waals surface area contributed by atoms with Gasteiger partial charge < -0.3 is 14.7 Å². The summed E-state index contributed by atoms with van der Waals surface area (Å²) < 4.78 is 20.7. The van der Waals surface area contributed by atoms with Crippen LogP contribution in [0.5, 0.6) is 0 Å². The lowest BCUT2D eigenvalue weighted by Crippen LogP contribution is -2.39. The van der Waals surface area contributed by atoms with Gasteiger partial charge in [-0.25, -0.2) is 4.39 Å². The Hall–Kier alpha value is -1.75. The molecule has 0 amide bonds. The van der Waals surface area contributed by atoms with Gasteiger partial charge in [0.2, 0.25) is 0 Å². The molecule has 29 heavy (non-hydrogen) atoms. The fourth-order valence-corrected chi connectivity index (χ4v) is 5.64. The number of hydrogen-bond donors (Lipinski definition) is 1. The van der Waals surface area contributed by atoms with Crippen LogP contribution in [0.15, 0.2) is 42.5 Å². The average Bonchev–Trinajstić information content (AvgIpc) is 3.10. The quantitative estimate of drug-likeness (QED) is 0.831. The first-order valence-electron chi connectivity index (χ1n) is 11.1. The second kappa shape index (κ2) is 8.17. The fourth-order valence-electron chi connectivity index (χ4n) is 5.64. The third kappa shape index (κ3) is 3.86. The zero-order valence-electron chi connectivity index (χ0n) is 16.9. The Morgan fingerprint density at radius 2 is 1.83 bits per heavy atom. The van der Waals surface area contributed by atoms with Crippen LogP contribution >= 0.6 is 0 Å². The van der Waals surface area contributed by atoms with E-state index in [0.29, 0.717) is 18.4 Å². The van der Waals surface area contributed by atoms with Crippen LogP contribution in [0.2, 0.25) is 0 Å². The topological polar surface area (TPSA) is 32.7 Å². The zero-order valence-corrected chi connectivity index (χ0v) is 16.9. The summed E-state index contributed by atoms with van der Waals surface area (Å²) in [4.78, 5) is 2.52. The van der Waals surface area contributed by atoms with Crippen LogP contribution in [0.3, 0.4) is 0 Å². The lowest BCUT2D eigenvalue weighted by Gasteiger charge is -2.33. The van der Waals surface area contributed by atoms with Gasteiger partial charge in [-0.2, -0.15) is 0 Å². The number of rotatable bonds is 4. The molecular weight excluding hydrogens is 365 g/mol. The highest BCUT2D eigenvalue weighted by Gasteiger charge is 2.41. The van der Waals surface area contributed by atoms with Crippen molar-refractivity contribution < 1.29 is 14.2 Å². The van der Waals surface area contributed by atoms with Gasteiger partial charge in [-0.1, -0.05) is 30.3 Å². The van der Waals surface area contributed by atoms with Crippen LogP contribution in [0.1, 0.15) is 60.0 Å². The zero-order chi connectivity index (χ0) is 19.8. The molecule has 2 saturated heterocycles. The van der Waals surface area contributed by atoms with E-state index in [1.54, 1.807) is 12.1 Å². The predicted molar refractivity (Wildman–Crippen MR) is 111 cm³/mol. The molecule has 0 radical (unpaired) electrons. The maximum atomic E-state index is 14.1. The standard InChI is InChI=1S/C25H30FNO2/c26-20-6-5-19-13-18-3-1-2-4-22(18)24-15-21(29-25(24)23(19)14-20)16-27-10-7-17(8-11-27)9-12-28/h1-6,14,17,21,24-25,28H,7-13,15-16H2. The van der Waals surface area contributed by atoms with E-state index >= 15 is 0 Å². The summed E-state index contributed by atoms with van der Waals surface area (Å²) in [6.07, 6.45) is 5.23. The van der Waals surface area contributed by atoms with Crippen LogP contribution in [-0.4, -0.2) is 42.4 Å². The molecular formula is C25H30FNO2. The molecule has 3 unspecified atom stereocenters. The van der Waals surface area contributed by atoms with Crippen LogP contribution in [0.25, 0.3) is 0 Å². The lowest BCUT2D eigenvalue weighted by molar-refractivity contribution is 0.0119. The Balaban J connectivity index is 1.36. The lowest BCUT2D eigenvalue weighted by atomic mass is 9.87. The maximum Gasteiger partial charge on any atom is 0.123 e. The number of aliphatic hydroxyl groups is 1. The second-order valence-electron chi connectivity index (χ2n) is 9.00. The molecule has 154 valence electrons. The molecule has 3 aliphatic rings. The van der Waals surface area contributed by atoms with E-state index in [1.165, 1.54) is 16.7 Å². The third-order valence-electron chi connectivity index (χ3n) is 7.18. The first-order valence-corrected chi connectivity index (χ1v) is 11.1. The van der Waals surface area contributed by atoms with Crippen molar-refractivity contribution in [3.63, 3.8) is 0 Å². The Labute approximate surface area is 172 Å². The number of benzene rings is 2. The first-order chi connectivity index (χ1) is 14.2. The molecule has 2 aliphatic heterocycles. The number of nitrogens with zero attached hydrogens (tertiary/aromatic N) is 1. The minimum Gasteiger partial charge on any atom is -0.396 e. The van der Waals surface area contributed by atoms with E-state index in [1.807, 2.05) is 6.07 Å². The van der Waals surface area contributed by atoms with Crippen LogP contribution < -0.4 is 0 Å². The number of ether oxygens (including phenoxy) is 1. The Morgan fingerprint density at radius 3 is 2.66 bits per heavy atom. The van der Waals surface area contributed by atoms with Crippen LogP contribution in [0.4, 0.5) is 4.39 Å². The van der Waals surface area contributed by atoms with Crippen molar-refractivity contribution in [3.8, 4) is 0 Å². The van der Waals surface area contributed by atoms with E-state index in [9.17, 15) is 9.50 Å². The SMILES string of the molecule is OCCC1CCN(CC2CC3c4ccccc4Cc4ccc(F)cc4C3O2)CC1. The molecule has 2 fully saturated rings. The van der Waals surface area contributed by atoms with Crippen molar-refractivity contribution in [2.45, 2.75) is 50.2 Å². The minimum atomic E-state index is -0.175. The van der Waals surface area contributed by atoms with E-state index in [0.717, 1.165) is 57.3 Å². The maximum absolute atomic E-state index is 14.1. The summed E-state index contributed by atoms with van der Waals surface area (Å²) in [5.74, 6) is 0.784. The molecule has 2 aromatic carbocycles. The molecule has 0 bridgehead atoms. The summed E-state index contributed by atoms with van der Waals surface area (Å²) in [6, 6.07) is 13.9. The molecule has 1 aliphatic carbocycles. The van der Waals surface area contributed by atoms with Crippen molar-refractivity contribution in [1.29, 1.82) is 0 Å². The molecule has 0 aromatic heterocycles. The van der Waals surface area contributed by atoms with Crippen LogP contribution in [0, 0.1) is 11.7 Å². The second-order valence-corrected chi connectivity index (χ2v) is 9.00. The Kier molecular flexibility index (Phi) is 5.42. The van der Waals surface area contributed by atoms with Gasteiger partial charge in [0.15, 0.2) is 0 Å². The van der Waals surface area contributed by atoms with Gasteiger partial charge in [0.05, 0.1) is 12.2 Å². The van der Waals surface area contributed by atoms with Gasteiger partial charge in [0.25, 0.3) is 0 Å². The molecule has 3 atom stereocenters. The molecule has 2 heterocycles. The molecule has 4 heteroatoms. The number of aliphatic hydroxyl groups excluding tert-OH is 1. The predicted octanol–water partition coefficient (Wildman–Crippen LogP) is 4.44. The van der Waals surface area contributed by atoms with E-state index in [4.69, 9.17) is 4.74 Å². The number of likely N-dealkylation sites (tertiary alicyclic amines) is 1. The van der Waals surface area contributed by atoms with Crippen molar-refractivity contribution >= 4 is 0 Å². The highest BCUT2D eigenvalue weighted by atomic mass is 19.1. The Bertz CT molecular complexity index is 862. The fraction of sp³-hybridized carbons (Fsp3) is 0.520. The van der Waals surface area contributed by atoms with E-state index in [2.05, 4.69) is 29.2 Å². The summed E-state index contributed by atoms with van der Waals surface area (Å²) in [5.41, 5.74) is 4.95. The van der Waals surface area contributed by atoms with Gasteiger partial charge >= 0.3 is 0 Å². The van der Waals surface area contributed by atoms with Crippen molar-refractivity contribution in [1.82, 2.24) is 4.90 Å². The van der Waals surface area contributed by atoms with E-state index in [-0.39, 0.29) is 18.0 Å². The van der Waals surface area contributed by atoms with Gasteiger partial charge in [0, 0.05) is 19.1 Å².